The maximum absolute atomic E-state index is 6.16. The Balaban J connectivity index is 0.000000521. The van der Waals surface area contributed by atoms with Gasteiger partial charge in [-0.05, 0) is 36.8 Å². The van der Waals surface area contributed by atoms with Gasteiger partial charge in [-0.25, -0.2) is 0 Å². The first-order valence-electron chi connectivity index (χ1n) is 9.94. The van der Waals surface area contributed by atoms with Crippen LogP contribution in [0.1, 0.15) is 84.5 Å². The molecule has 1 aromatic heterocycles. The maximum Gasteiger partial charge on any atom is 0.108 e. The lowest BCUT2D eigenvalue weighted by Gasteiger charge is -2.36. The van der Waals surface area contributed by atoms with Gasteiger partial charge >= 0.3 is 0 Å². The lowest BCUT2D eigenvalue weighted by molar-refractivity contribution is -0.0686. The van der Waals surface area contributed by atoms with Gasteiger partial charge in [0.2, 0.25) is 0 Å². The van der Waals surface area contributed by atoms with Crippen molar-refractivity contribution in [1.29, 1.82) is 0 Å². The van der Waals surface area contributed by atoms with Gasteiger partial charge in [-0.2, -0.15) is 0 Å². The molecule has 2 heterocycles. The number of H-pyrrole nitrogens is 1. The molecular weight excluding hydrogens is 294 g/mol. The number of aromatic nitrogens is 1. The Bertz CT molecular complexity index is 608. The fourth-order valence-corrected chi connectivity index (χ4v) is 3.51. The van der Waals surface area contributed by atoms with E-state index in [4.69, 9.17) is 4.74 Å². The second kappa shape index (κ2) is 9.88. The van der Waals surface area contributed by atoms with Gasteiger partial charge in [0.25, 0.3) is 0 Å². The number of hydrogen-bond donors (Lipinski definition) is 1. The molecule has 0 aliphatic carbocycles. The Hall–Kier alpha value is -1.28. The third-order valence-corrected chi connectivity index (χ3v) is 4.74. The van der Waals surface area contributed by atoms with E-state index >= 15 is 0 Å². The van der Waals surface area contributed by atoms with Gasteiger partial charge in [-0.1, -0.05) is 73.1 Å². The lowest BCUT2D eigenvalue weighted by atomic mass is 9.87. The van der Waals surface area contributed by atoms with E-state index in [1.807, 2.05) is 13.8 Å². The number of rotatable bonds is 3. The second-order valence-electron chi connectivity index (χ2n) is 6.18. The molecule has 0 amide bonds. The normalized spacial score (nSPS) is 15.0. The predicted molar refractivity (Wildman–Crippen MR) is 107 cm³/mol. The van der Waals surface area contributed by atoms with E-state index in [1.165, 1.54) is 34.1 Å². The Morgan fingerprint density at radius 2 is 1.67 bits per heavy atom. The smallest absolute Gasteiger partial charge is 0.108 e. The Labute approximate surface area is 149 Å². The van der Waals surface area contributed by atoms with Crippen LogP contribution in [0.3, 0.4) is 0 Å². The van der Waals surface area contributed by atoms with Gasteiger partial charge in [0.15, 0.2) is 0 Å². The highest BCUT2D eigenvalue weighted by Crippen LogP contribution is 2.41. The predicted octanol–water partition coefficient (Wildman–Crippen LogP) is 6.76. The van der Waals surface area contributed by atoms with Crippen LogP contribution in [0.15, 0.2) is 18.2 Å². The van der Waals surface area contributed by atoms with Crippen molar-refractivity contribution in [2.75, 3.05) is 6.61 Å². The number of benzene rings is 1. The number of fused-ring (bicyclic) bond motifs is 3. The maximum atomic E-state index is 6.16. The van der Waals surface area contributed by atoms with Crippen LogP contribution in [0.2, 0.25) is 0 Å². The second-order valence-corrected chi connectivity index (χ2v) is 6.18. The summed E-state index contributed by atoms with van der Waals surface area (Å²) in [6.45, 7) is 15.8. The number of ether oxygens (including phenoxy) is 1. The van der Waals surface area contributed by atoms with Gasteiger partial charge in [0.1, 0.15) is 5.60 Å². The van der Waals surface area contributed by atoms with E-state index < -0.39 is 0 Å². The van der Waals surface area contributed by atoms with E-state index in [0.29, 0.717) is 0 Å². The highest BCUT2D eigenvalue weighted by molar-refractivity contribution is 5.88. The first-order valence-corrected chi connectivity index (χ1v) is 9.94. The summed E-state index contributed by atoms with van der Waals surface area (Å²) in [7, 11) is 0. The minimum Gasteiger partial charge on any atom is -0.368 e. The van der Waals surface area contributed by atoms with E-state index in [0.717, 1.165) is 32.3 Å². The molecule has 0 saturated carbocycles. The number of para-hydroxylation sites is 1. The molecule has 1 aliphatic rings. The van der Waals surface area contributed by atoms with Gasteiger partial charge < -0.3 is 9.72 Å². The van der Waals surface area contributed by atoms with Crippen LogP contribution >= 0.6 is 0 Å². The molecule has 3 rings (SSSR count). The highest BCUT2D eigenvalue weighted by Gasteiger charge is 2.37. The van der Waals surface area contributed by atoms with Gasteiger partial charge in [-0.3, -0.25) is 0 Å². The van der Waals surface area contributed by atoms with E-state index in [1.54, 1.807) is 0 Å². The highest BCUT2D eigenvalue weighted by atomic mass is 16.5. The quantitative estimate of drug-likeness (QED) is 0.660. The summed E-state index contributed by atoms with van der Waals surface area (Å²) >= 11 is 0. The van der Waals surface area contributed by atoms with Crippen LogP contribution in [-0.2, 0) is 23.2 Å². The molecule has 1 aliphatic heterocycles. The summed E-state index contributed by atoms with van der Waals surface area (Å²) in [6, 6.07) is 6.67. The summed E-state index contributed by atoms with van der Waals surface area (Å²) in [6.07, 6.45) is 5.42. The van der Waals surface area contributed by atoms with Crippen LogP contribution in [0.5, 0.6) is 0 Å². The van der Waals surface area contributed by atoms with E-state index in [9.17, 15) is 0 Å². The summed E-state index contributed by atoms with van der Waals surface area (Å²) in [4.78, 5) is 3.70. The standard InChI is InChI=1S/C17H23NO.C3H8.C2H6/c1-4-12-8-7-9-13-14-10-11-19-17(5-2,6-3)16(14)18-15(12)13;1-3-2;1-2/h7-9,18H,4-6,10-11H2,1-3H3;3H2,1-2H3;1-2H3. The minimum atomic E-state index is -0.0996. The lowest BCUT2D eigenvalue weighted by Crippen LogP contribution is -2.34. The zero-order valence-corrected chi connectivity index (χ0v) is 16.9. The molecule has 0 spiro atoms. The molecule has 2 nitrogen and oxygen atoms in total. The number of nitrogens with one attached hydrogen (secondary N) is 1. The van der Waals surface area contributed by atoms with Crippen LogP contribution in [0.4, 0.5) is 0 Å². The van der Waals surface area contributed by atoms with Crippen LogP contribution in [0.25, 0.3) is 10.9 Å². The first kappa shape index (κ1) is 20.8. The fraction of sp³-hybridized carbons (Fsp3) is 0.636. The average molecular weight is 332 g/mol. The van der Waals surface area contributed by atoms with Crippen LogP contribution in [0, 0.1) is 0 Å². The number of aromatic amines is 1. The molecule has 2 heteroatoms. The van der Waals surface area contributed by atoms with Crippen molar-refractivity contribution >= 4 is 10.9 Å². The SMILES string of the molecule is CC.CCC.CCc1cccc2c3c([nH]c12)C(CC)(CC)OCC3. The van der Waals surface area contributed by atoms with Gasteiger partial charge in [-0.15, -0.1) is 0 Å². The van der Waals surface area contributed by atoms with E-state index in [2.05, 4.69) is 57.8 Å². The average Bonchev–Trinajstić information content (AvgIpc) is 3.03. The fourth-order valence-electron chi connectivity index (χ4n) is 3.51. The van der Waals surface area contributed by atoms with Crippen molar-refractivity contribution in [3.8, 4) is 0 Å². The van der Waals surface area contributed by atoms with Crippen molar-refractivity contribution in [2.24, 2.45) is 0 Å². The van der Waals surface area contributed by atoms with Crippen molar-refractivity contribution in [3.05, 3.63) is 35.0 Å². The topological polar surface area (TPSA) is 25.0 Å². The number of hydrogen-bond acceptors (Lipinski definition) is 1. The third kappa shape index (κ3) is 3.85. The Morgan fingerprint density at radius 3 is 2.21 bits per heavy atom. The molecule has 136 valence electrons. The summed E-state index contributed by atoms with van der Waals surface area (Å²) in [5, 5.41) is 1.41. The first-order chi connectivity index (χ1) is 11.7. The largest absolute Gasteiger partial charge is 0.368 e. The molecule has 1 aromatic carbocycles. The van der Waals surface area contributed by atoms with Crippen molar-refractivity contribution < 1.29 is 4.74 Å². The molecule has 1 N–H and O–H groups in total. The summed E-state index contributed by atoms with van der Waals surface area (Å²) < 4.78 is 6.16. The molecule has 0 fully saturated rings. The van der Waals surface area contributed by atoms with Gasteiger partial charge in [0, 0.05) is 10.9 Å². The Morgan fingerprint density at radius 1 is 1.04 bits per heavy atom. The van der Waals surface area contributed by atoms with Crippen LogP contribution < -0.4 is 0 Å². The summed E-state index contributed by atoms with van der Waals surface area (Å²) in [5.74, 6) is 0. The molecule has 0 bridgehead atoms. The molecule has 0 radical (unpaired) electrons. The zero-order chi connectivity index (χ0) is 18.2. The van der Waals surface area contributed by atoms with Crippen LogP contribution in [-0.4, -0.2) is 11.6 Å². The van der Waals surface area contributed by atoms with Crippen molar-refractivity contribution in [2.45, 2.75) is 86.2 Å². The molecule has 0 saturated heterocycles. The third-order valence-electron chi connectivity index (χ3n) is 4.74. The van der Waals surface area contributed by atoms with Crippen molar-refractivity contribution in [1.82, 2.24) is 4.98 Å². The molecule has 0 unspecified atom stereocenters. The molecule has 24 heavy (non-hydrogen) atoms. The monoisotopic (exact) mass is 331 g/mol. The molecular formula is C22H37NO. The molecule has 2 aromatic rings. The summed E-state index contributed by atoms with van der Waals surface area (Å²) in [5.41, 5.74) is 5.46. The van der Waals surface area contributed by atoms with Gasteiger partial charge in [0.05, 0.1) is 12.3 Å². The van der Waals surface area contributed by atoms with E-state index in [-0.39, 0.29) is 5.60 Å². The number of aryl methyl sites for hydroxylation is 1. The Kier molecular flexibility index (Phi) is 8.55. The molecule has 0 atom stereocenters. The zero-order valence-electron chi connectivity index (χ0n) is 16.9. The van der Waals surface area contributed by atoms with Crippen molar-refractivity contribution in [3.63, 3.8) is 0 Å². The minimum absolute atomic E-state index is 0.0996.